The van der Waals surface area contributed by atoms with Crippen LogP contribution >= 0.6 is 0 Å². The zero-order valence-electron chi connectivity index (χ0n) is 15.5. The summed E-state index contributed by atoms with van der Waals surface area (Å²) in [6.45, 7) is 9.62. The van der Waals surface area contributed by atoms with Gasteiger partial charge in [0, 0.05) is 25.7 Å². The van der Waals surface area contributed by atoms with E-state index in [1.54, 1.807) is 0 Å². The number of rotatable bonds is 5. The van der Waals surface area contributed by atoms with Crippen molar-refractivity contribution in [2.75, 3.05) is 39.3 Å². The molecule has 7 nitrogen and oxygen atoms in total. The fraction of sp³-hybridized carbons (Fsp3) is 0.889. The summed E-state index contributed by atoms with van der Waals surface area (Å²) < 4.78 is 5.80. The predicted octanol–water partition coefficient (Wildman–Crippen LogP) is 0.796. The molecule has 0 bridgehead atoms. The number of piperidine rings is 1. The van der Waals surface area contributed by atoms with E-state index in [0.29, 0.717) is 24.7 Å². The third-order valence-electron chi connectivity index (χ3n) is 5.25. The second kappa shape index (κ2) is 8.47. The van der Waals surface area contributed by atoms with Crippen LogP contribution in [0.15, 0.2) is 0 Å². The van der Waals surface area contributed by atoms with Crippen LogP contribution in [0.2, 0.25) is 0 Å². The minimum Gasteiger partial charge on any atom is -0.373 e. The number of ether oxygens (including phenoxy) is 1. The van der Waals surface area contributed by atoms with Gasteiger partial charge in [0.2, 0.25) is 5.91 Å². The average molecular weight is 352 g/mol. The van der Waals surface area contributed by atoms with Crippen molar-refractivity contribution in [3.05, 3.63) is 0 Å². The highest BCUT2D eigenvalue weighted by Crippen LogP contribution is 2.21. The molecule has 1 saturated carbocycles. The van der Waals surface area contributed by atoms with Crippen LogP contribution in [0.1, 0.15) is 39.5 Å². The van der Waals surface area contributed by atoms with Gasteiger partial charge in [-0.2, -0.15) is 0 Å². The Morgan fingerprint density at radius 2 is 1.64 bits per heavy atom. The Kier molecular flexibility index (Phi) is 6.30. The highest BCUT2D eigenvalue weighted by Gasteiger charge is 2.28. The normalized spacial score (nSPS) is 29.4. The second-order valence-corrected chi connectivity index (χ2v) is 7.99. The molecule has 2 heterocycles. The third-order valence-corrected chi connectivity index (χ3v) is 5.25. The molecule has 3 rings (SSSR count). The van der Waals surface area contributed by atoms with E-state index in [1.807, 2.05) is 0 Å². The highest BCUT2D eigenvalue weighted by molar-refractivity contribution is 5.95. The van der Waals surface area contributed by atoms with Crippen molar-refractivity contribution in [1.82, 2.24) is 20.4 Å². The smallest absolute Gasteiger partial charge is 0.321 e. The van der Waals surface area contributed by atoms with E-state index in [1.165, 1.54) is 0 Å². The minimum absolute atomic E-state index is 0.201. The van der Waals surface area contributed by atoms with E-state index in [-0.39, 0.29) is 18.0 Å². The summed E-state index contributed by atoms with van der Waals surface area (Å²) in [4.78, 5) is 28.2. The Bertz CT molecular complexity index is 465. The first-order valence-corrected chi connectivity index (χ1v) is 9.68. The van der Waals surface area contributed by atoms with E-state index in [9.17, 15) is 9.59 Å². The SMILES string of the molecule is CC1CN(CC2CCN(CC(=O)NC(=O)NC3CC3)CC2)CC(C)O1. The van der Waals surface area contributed by atoms with E-state index in [0.717, 1.165) is 58.4 Å². The first-order valence-electron chi connectivity index (χ1n) is 9.68. The summed E-state index contributed by atoms with van der Waals surface area (Å²) >= 11 is 0. The van der Waals surface area contributed by atoms with Crippen molar-refractivity contribution >= 4 is 11.9 Å². The van der Waals surface area contributed by atoms with E-state index in [4.69, 9.17) is 4.74 Å². The lowest BCUT2D eigenvalue weighted by molar-refractivity contribution is -0.121. The Hall–Kier alpha value is -1.18. The molecular formula is C18H32N4O3. The first-order chi connectivity index (χ1) is 12.0. The number of imide groups is 1. The summed E-state index contributed by atoms with van der Waals surface area (Å²) in [6, 6.07) is -0.0767. The first kappa shape index (κ1) is 18.6. The van der Waals surface area contributed by atoms with Gasteiger partial charge in [-0.1, -0.05) is 0 Å². The summed E-state index contributed by atoms with van der Waals surface area (Å²) in [5, 5.41) is 5.21. The van der Waals surface area contributed by atoms with Gasteiger partial charge in [0.1, 0.15) is 0 Å². The zero-order valence-corrected chi connectivity index (χ0v) is 15.5. The van der Waals surface area contributed by atoms with Crippen molar-refractivity contribution < 1.29 is 14.3 Å². The second-order valence-electron chi connectivity index (χ2n) is 7.99. The van der Waals surface area contributed by atoms with Gasteiger partial charge in [-0.15, -0.1) is 0 Å². The van der Waals surface area contributed by atoms with Gasteiger partial charge in [0.25, 0.3) is 0 Å². The lowest BCUT2D eigenvalue weighted by Crippen LogP contribution is -2.49. The Morgan fingerprint density at radius 1 is 1.00 bits per heavy atom. The zero-order chi connectivity index (χ0) is 17.8. The molecule has 142 valence electrons. The number of amides is 3. The molecule has 3 amide bonds. The van der Waals surface area contributed by atoms with Crippen LogP contribution in [0.4, 0.5) is 4.79 Å². The number of likely N-dealkylation sites (tertiary alicyclic amines) is 1. The molecule has 2 saturated heterocycles. The maximum atomic E-state index is 12.0. The maximum Gasteiger partial charge on any atom is 0.321 e. The monoisotopic (exact) mass is 352 g/mol. The molecule has 7 heteroatoms. The van der Waals surface area contributed by atoms with Gasteiger partial charge in [0.05, 0.1) is 18.8 Å². The number of hydrogen-bond donors (Lipinski definition) is 2. The summed E-state index contributed by atoms with van der Waals surface area (Å²) in [5.41, 5.74) is 0. The standard InChI is InChI=1S/C18H32N4O3/c1-13-9-22(10-14(2)25-13)11-15-5-7-21(8-6-15)12-17(23)20-18(24)19-16-3-4-16/h13-16H,3-12H2,1-2H3,(H2,19,20,23,24). The molecular weight excluding hydrogens is 320 g/mol. The molecule has 3 fully saturated rings. The molecule has 2 N–H and O–H groups in total. The molecule has 0 aromatic carbocycles. The number of urea groups is 1. The number of morpholine rings is 1. The third kappa shape index (κ3) is 6.24. The maximum absolute atomic E-state index is 12.0. The Balaban J connectivity index is 1.32. The van der Waals surface area contributed by atoms with Gasteiger partial charge in [0.15, 0.2) is 0 Å². The molecule has 0 spiro atoms. The number of carbonyl (C=O) groups is 2. The number of hydrogen-bond acceptors (Lipinski definition) is 5. The van der Waals surface area contributed by atoms with Crippen molar-refractivity contribution in [2.45, 2.75) is 57.8 Å². The van der Waals surface area contributed by atoms with Crippen LogP contribution in [0.3, 0.4) is 0 Å². The van der Waals surface area contributed by atoms with Gasteiger partial charge >= 0.3 is 6.03 Å². The summed E-state index contributed by atoms with van der Waals surface area (Å²) in [6.07, 6.45) is 4.90. The number of nitrogens with zero attached hydrogens (tertiary/aromatic N) is 2. The molecule has 1 aliphatic carbocycles. The number of carbonyl (C=O) groups excluding carboxylic acids is 2. The topological polar surface area (TPSA) is 73.9 Å². The van der Waals surface area contributed by atoms with Gasteiger partial charge in [-0.25, -0.2) is 4.79 Å². The average Bonchev–Trinajstić information content (AvgIpc) is 3.32. The van der Waals surface area contributed by atoms with Gasteiger partial charge in [-0.05, 0) is 58.5 Å². The van der Waals surface area contributed by atoms with Crippen LogP contribution in [0.5, 0.6) is 0 Å². The van der Waals surface area contributed by atoms with Crippen LogP contribution in [-0.2, 0) is 9.53 Å². The molecule has 3 aliphatic rings. The van der Waals surface area contributed by atoms with Crippen LogP contribution < -0.4 is 10.6 Å². The molecule has 0 aromatic rings. The van der Waals surface area contributed by atoms with Crippen LogP contribution in [-0.4, -0.2) is 79.3 Å². The van der Waals surface area contributed by atoms with Crippen molar-refractivity contribution in [1.29, 1.82) is 0 Å². The van der Waals surface area contributed by atoms with E-state index in [2.05, 4.69) is 34.3 Å². The lowest BCUT2D eigenvalue weighted by atomic mass is 9.95. The van der Waals surface area contributed by atoms with Crippen molar-refractivity contribution in [2.24, 2.45) is 5.92 Å². The quantitative estimate of drug-likeness (QED) is 0.765. The molecule has 25 heavy (non-hydrogen) atoms. The minimum atomic E-state index is -0.349. The largest absolute Gasteiger partial charge is 0.373 e. The Morgan fingerprint density at radius 3 is 2.24 bits per heavy atom. The van der Waals surface area contributed by atoms with Crippen molar-refractivity contribution in [3.8, 4) is 0 Å². The Labute approximate surface area is 150 Å². The summed E-state index contributed by atoms with van der Waals surface area (Å²) in [7, 11) is 0. The van der Waals surface area contributed by atoms with Crippen LogP contribution in [0, 0.1) is 5.92 Å². The lowest BCUT2D eigenvalue weighted by Gasteiger charge is -2.39. The number of nitrogens with one attached hydrogen (secondary N) is 2. The van der Waals surface area contributed by atoms with Crippen molar-refractivity contribution in [3.63, 3.8) is 0 Å². The van der Waals surface area contributed by atoms with Crippen LogP contribution in [0.25, 0.3) is 0 Å². The van der Waals surface area contributed by atoms with E-state index >= 15 is 0 Å². The predicted molar refractivity (Wildman–Crippen MR) is 95.3 cm³/mol. The molecule has 2 aliphatic heterocycles. The summed E-state index contributed by atoms with van der Waals surface area (Å²) in [5.74, 6) is 0.488. The highest BCUT2D eigenvalue weighted by atomic mass is 16.5. The van der Waals surface area contributed by atoms with Gasteiger partial charge < -0.3 is 10.1 Å². The molecule has 0 radical (unpaired) electrons. The van der Waals surface area contributed by atoms with Gasteiger partial charge in [-0.3, -0.25) is 19.9 Å². The molecule has 2 atom stereocenters. The van der Waals surface area contributed by atoms with E-state index < -0.39 is 0 Å². The fourth-order valence-corrected chi connectivity index (χ4v) is 3.94. The fourth-order valence-electron chi connectivity index (χ4n) is 3.94. The molecule has 0 aromatic heterocycles. The molecule has 2 unspecified atom stereocenters.